The van der Waals surface area contributed by atoms with Crippen LogP contribution in [-0.2, 0) is 9.59 Å². The van der Waals surface area contributed by atoms with E-state index in [1.807, 2.05) is 0 Å². The maximum atomic E-state index is 10.3. The predicted molar refractivity (Wildman–Crippen MR) is 35.1 cm³/mol. The first-order valence-corrected chi connectivity index (χ1v) is 2.98. The minimum Gasteiger partial charge on any atom is -0.481 e. The van der Waals surface area contributed by atoms with Crippen LogP contribution in [-0.4, -0.2) is 32.9 Å². The molecule has 0 aromatic carbocycles. The Balaban J connectivity index is 4.55. The second-order valence-corrected chi connectivity index (χ2v) is 2.51. The molecule has 11 heavy (non-hydrogen) atoms. The Hall–Kier alpha value is -1.10. The Morgan fingerprint density at radius 1 is 1.36 bits per heavy atom. The van der Waals surface area contributed by atoms with E-state index in [1.54, 1.807) is 0 Å². The van der Waals surface area contributed by atoms with Crippen LogP contribution in [0.1, 0.15) is 13.8 Å². The number of carboxylic acids is 2. The highest BCUT2D eigenvalue weighted by Gasteiger charge is 2.40. The van der Waals surface area contributed by atoms with Crippen LogP contribution in [0.3, 0.4) is 0 Å². The molecule has 5 nitrogen and oxygen atoms in total. The Labute approximate surface area is 63.3 Å². The van der Waals surface area contributed by atoms with E-state index in [0.29, 0.717) is 0 Å². The lowest BCUT2D eigenvalue weighted by molar-refractivity contribution is -0.170. The Morgan fingerprint density at radius 3 is 1.82 bits per heavy atom. The van der Waals surface area contributed by atoms with Crippen molar-refractivity contribution in [2.75, 3.05) is 0 Å². The molecule has 0 saturated carbocycles. The highest BCUT2D eigenvalue weighted by Crippen LogP contribution is 2.16. The van der Waals surface area contributed by atoms with E-state index in [2.05, 4.69) is 0 Å². The van der Waals surface area contributed by atoms with Gasteiger partial charge in [-0.3, -0.25) is 4.79 Å². The SMILES string of the molecule is C[C@H](C(=O)O)C(C)(O)C(=O)O. The first kappa shape index (κ1) is 9.90. The van der Waals surface area contributed by atoms with Crippen molar-refractivity contribution in [1.29, 1.82) is 0 Å². The zero-order chi connectivity index (χ0) is 9.23. The number of hydrogen-bond acceptors (Lipinski definition) is 3. The molecular formula is C6H10O5. The molecular weight excluding hydrogens is 152 g/mol. The van der Waals surface area contributed by atoms with Crippen molar-refractivity contribution in [2.45, 2.75) is 19.4 Å². The predicted octanol–water partition coefficient (Wildman–Crippen LogP) is -0.457. The number of aliphatic carboxylic acids is 2. The zero-order valence-corrected chi connectivity index (χ0v) is 6.24. The molecule has 0 spiro atoms. The normalized spacial score (nSPS) is 18.5. The summed E-state index contributed by atoms with van der Waals surface area (Å²) in [4.78, 5) is 20.5. The van der Waals surface area contributed by atoms with Gasteiger partial charge in [-0.2, -0.15) is 0 Å². The largest absolute Gasteiger partial charge is 0.481 e. The van der Waals surface area contributed by atoms with Gasteiger partial charge in [0.15, 0.2) is 5.60 Å². The lowest BCUT2D eigenvalue weighted by atomic mass is 9.91. The second kappa shape index (κ2) is 2.87. The average molecular weight is 162 g/mol. The molecule has 0 aliphatic carbocycles. The number of rotatable bonds is 3. The van der Waals surface area contributed by atoms with Crippen LogP contribution in [0.15, 0.2) is 0 Å². The van der Waals surface area contributed by atoms with Gasteiger partial charge in [0.05, 0.1) is 5.92 Å². The molecule has 3 N–H and O–H groups in total. The zero-order valence-electron chi connectivity index (χ0n) is 6.24. The summed E-state index contributed by atoms with van der Waals surface area (Å²) in [5.74, 6) is -4.19. The van der Waals surface area contributed by atoms with E-state index in [9.17, 15) is 9.59 Å². The summed E-state index contributed by atoms with van der Waals surface area (Å²) in [6.45, 7) is 2.09. The minimum atomic E-state index is -2.20. The molecule has 1 unspecified atom stereocenters. The van der Waals surface area contributed by atoms with Gasteiger partial charge in [0, 0.05) is 0 Å². The van der Waals surface area contributed by atoms with Crippen LogP contribution in [0.2, 0.25) is 0 Å². The topological polar surface area (TPSA) is 94.8 Å². The number of carboxylic acid groups (broad SMARTS) is 2. The van der Waals surface area contributed by atoms with Crippen LogP contribution in [0, 0.1) is 5.92 Å². The smallest absolute Gasteiger partial charge is 0.336 e. The molecule has 0 saturated heterocycles. The van der Waals surface area contributed by atoms with E-state index < -0.39 is 23.5 Å². The minimum absolute atomic E-state index is 0.952. The van der Waals surface area contributed by atoms with E-state index >= 15 is 0 Å². The molecule has 0 radical (unpaired) electrons. The van der Waals surface area contributed by atoms with Crippen molar-refractivity contribution in [3.63, 3.8) is 0 Å². The quantitative estimate of drug-likeness (QED) is 0.522. The van der Waals surface area contributed by atoms with Gasteiger partial charge in [0.1, 0.15) is 0 Å². The van der Waals surface area contributed by atoms with Crippen LogP contribution in [0.25, 0.3) is 0 Å². The Bertz CT molecular complexity index is 183. The van der Waals surface area contributed by atoms with Crippen LogP contribution < -0.4 is 0 Å². The first-order chi connectivity index (χ1) is 4.80. The van der Waals surface area contributed by atoms with Crippen molar-refractivity contribution in [1.82, 2.24) is 0 Å². The third-order valence-electron chi connectivity index (χ3n) is 1.65. The van der Waals surface area contributed by atoms with Gasteiger partial charge in [0.2, 0.25) is 0 Å². The standard InChI is InChI=1S/C6H10O5/c1-3(4(7)8)6(2,11)5(9)10/h3,11H,1-2H3,(H,7,8)(H,9,10)/t3-,6?/m1/s1. The molecule has 0 aromatic heterocycles. The summed E-state index contributed by atoms with van der Waals surface area (Å²) in [7, 11) is 0. The Kier molecular flexibility index (Phi) is 2.59. The molecule has 5 heteroatoms. The van der Waals surface area contributed by atoms with Gasteiger partial charge in [-0.15, -0.1) is 0 Å². The lowest BCUT2D eigenvalue weighted by Crippen LogP contribution is -2.45. The molecule has 0 heterocycles. The first-order valence-electron chi connectivity index (χ1n) is 2.98. The molecule has 0 rings (SSSR count). The van der Waals surface area contributed by atoms with Crippen molar-refractivity contribution < 1.29 is 24.9 Å². The molecule has 0 fully saturated rings. The fourth-order valence-corrected chi connectivity index (χ4v) is 0.426. The third kappa shape index (κ3) is 1.91. The van der Waals surface area contributed by atoms with Gasteiger partial charge in [-0.25, -0.2) is 4.79 Å². The third-order valence-corrected chi connectivity index (χ3v) is 1.65. The van der Waals surface area contributed by atoms with Crippen LogP contribution in [0.4, 0.5) is 0 Å². The van der Waals surface area contributed by atoms with E-state index in [0.717, 1.165) is 13.8 Å². The van der Waals surface area contributed by atoms with Crippen LogP contribution in [0.5, 0.6) is 0 Å². The number of carbonyl (C=O) groups is 2. The van der Waals surface area contributed by atoms with E-state index in [1.165, 1.54) is 0 Å². The summed E-state index contributed by atoms with van der Waals surface area (Å²) in [6.07, 6.45) is 0. The molecule has 0 aromatic rings. The summed E-state index contributed by atoms with van der Waals surface area (Å²) in [6, 6.07) is 0. The average Bonchev–Trinajstić information content (AvgIpc) is 1.85. The second-order valence-electron chi connectivity index (χ2n) is 2.51. The van der Waals surface area contributed by atoms with E-state index in [-0.39, 0.29) is 0 Å². The van der Waals surface area contributed by atoms with Crippen LogP contribution >= 0.6 is 0 Å². The van der Waals surface area contributed by atoms with Gasteiger partial charge in [-0.1, -0.05) is 0 Å². The maximum absolute atomic E-state index is 10.3. The summed E-state index contributed by atoms with van der Waals surface area (Å²) < 4.78 is 0. The van der Waals surface area contributed by atoms with Gasteiger partial charge in [-0.05, 0) is 13.8 Å². The van der Waals surface area contributed by atoms with Crippen molar-refractivity contribution in [3.8, 4) is 0 Å². The monoisotopic (exact) mass is 162 g/mol. The Morgan fingerprint density at radius 2 is 1.73 bits per heavy atom. The van der Waals surface area contributed by atoms with Crippen molar-refractivity contribution in [3.05, 3.63) is 0 Å². The molecule has 64 valence electrons. The van der Waals surface area contributed by atoms with E-state index in [4.69, 9.17) is 15.3 Å². The number of hydrogen-bond donors (Lipinski definition) is 3. The van der Waals surface area contributed by atoms with Crippen molar-refractivity contribution in [2.24, 2.45) is 5.92 Å². The fraction of sp³-hybridized carbons (Fsp3) is 0.667. The fourth-order valence-electron chi connectivity index (χ4n) is 0.426. The molecule has 0 amide bonds. The maximum Gasteiger partial charge on any atom is 0.336 e. The molecule has 0 aliphatic rings. The number of aliphatic hydroxyl groups is 1. The summed E-state index contributed by atoms with van der Waals surface area (Å²) in [5, 5.41) is 25.7. The van der Waals surface area contributed by atoms with Gasteiger partial charge >= 0.3 is 11.9 Å². The summed E-state index contributed by atoms with van der Waals surface area (Å²) in [5.41, 5.74) is -2.20. The molecule has 2 atom stereocenters. The molecule has 0 bridgehead atoms. The highest BCUT2D eigenvalue weighted by molar-refractivity contribution is 5.84. The molecule has 0 aliphatic heterocycles. The van der Waals surface area contributed by atoms with Crippen molar-refractivity contribution >= 4 is 11.9 Å². The van der Waals surface area contributed by atoms with Gasteiger partial charge in [0.25, 0.3) is 0 Å². The lowest BCUT2D eigenvalue weighted by Gasteiger charge is -2.21. The highest BCUT2D eigenvalue weighted by atomic mass is 16.4. The summed E-state index contributed by atoms with van der Waals surface area (Å²) >= 11 is 0. The van der Waals surface area contributed by atoms with Gasteiger partial charge < -0.3 is 15.3 Å².